The van der Waals surface area contributed by atoms with Gasteiger partial charge in [-0.1, -0.05) is 39.8 Å². The number of halogens is 1. The molecule has 0 aliphatic rings. The Morgan fingerprint density at radius 3 is 3.20 bits per heavy atom. The number of primary amides is 1. The first-order valence-electron chi connectivity index (χ1n) is 5.51. The van der Waals surface area contributed by atoms with Crippen molar-refractivity contribution in [2.75, 3.05) is 11.2 Å². The van der Waals surface area contributed by atoms with E-state index in [0.717, 1.165) is 21.8 Å². The van der Waals surface area contributed by atoms with Crippen molar-refractivity contribution >= 4 is 45.8 Å². The van der Waals surface area contributed by atoms with E-state index in [0.29, 0.717) is 11.1 Å². The summed E-state index contributed by atoms with van der Waals surface area (Å²) < 4.78 is 0.978. The number of carbonyl (C=O) groups excluding carboxylic acids is 1. The molecule has 7 nitrogen and oxygen atoms in total. The van der Waals surface area contributed by atoms with Crippen molar-refractivity contribution < 1.29 is 4.79 Å². The van der Waals surface area contributed by atoms with E-state index >= 15 is 0 Å². The van der Waals surface area contributed by atoms with Gasteiger partial charge >= 0.3 is 0 Å². The van der Waals surface area contributed by atoms with Crippen LogP contribution in [-0.2, 0) is 4.79 Å². The van der Waals surface area contributed by atoms with Crippen molar-refractivity contribution in [2.45, 2.75) is 5.16 Å². The van der Waals surface area contributed by atoms with E-state index in [1.54, 1.807) is 6.21 Å². The lowest BCUT2D eigenvalue weighted by molar-refractivity contribution is -0.115. The van der Waals surface area contributed by atoms with Crippen LogP contribution in [0.25, 0.3) is 0 Å². The fourth-order valence-electron chi connectivity index (χ4n) is 1.25. The summed E-state index contributed by atoms with van der Waals surface area (Å²) >= 11 is 4.54. The van der Waals surface area contributed by atoms with E-state index in [1.807, 2.05) is 24.3 Å². The van der Waals surface area contributed by atoms with E-state index in [-0.39, 0.29) is 5.75 Å². The Hall–Kier alpha value is -1.87. The van der Waals surface area contributed by atoms with Crippen molar-refractivity contribution in [2.24, 2.45) is 10.8 Å². The number of nitrogens with one attached hydrogen (secondary N) is 2. The number of aromatic nitrogens is 3. The van der Waals surface area contributed by atoms with Crippen LogP contribution in [0.1, 0.15) is 5.56 Å². The molecule has 1 amide bonds. The minimum atomic E-state index is -0.415. The van der Waals surface area contributed by atoms with Gasteiger partial charge in [0.25, 0.3) is 0 Å². The molecule has 0 atom stereocenters. The van der Waals surface area contributed by atoms with Gasteiger partial charge in [-0.3, -0.25) is 4.79 Å². The Morgan fingerprint density at radius 2 is 2.45 bits per heavy atom. The maximum absolute atomic E-state index is 10.6. The zero-order valence-electron chi connectivity index (χ0n) is 10.2. The summed E-state index contributed by atoms with van der Waals surface area (Å²) in [6.07, 6.45) is 1.66. The number of anilines is 1. The fraction of sp³-hybridized carbons (Fsp3) is 0.0909. The molecule has 0 aliphatic carbocycles. The first-order chi connectivity index (χ1) is 9.63. The zero-order valence-corrected chi connectivity index (χ0v) is 12.6. The lowest BCUT2D eigenvalue weighted by Gasteiger charge is -1.95. The molecule has 2 rings (SSSR count). The van der Waals surface area contributed by atoms with Gasteiger partial charge in [-0.2, -0.15) is 10.1 Å². The van der Waals surface area contributed by atoms with Crippen molar-refractivity contribution in [1.29, 1.82) is 0 Å². The number of carbonyl (C=O) groups is 1. The molecule has 0 saturated carbocycles. The van der Waals surface area contributed by atoms with Crippen molar-refractivity contribution in [1.82, 2.24) is 15.2 Å². The second-order valence-corrected chi connectivity index (χ2v) is 5.50. The normalized spacial score (nSPS) is 10.8. The summed E-state index contributed by atoms with van der Waals surface area (Å²) in [5.41, 5.74) is 8.69. The van der Waals surface area contributed by atoms with Crippen LogP contribution in [0.5, 0.6) is 0 Å². The molecule has 9 heteroatoms. The van der Waals surface area contributed by atoms with Crippen LogP contribution in [0.15, 0.2) is 39.0 Å². The maximum atomic E-state index is 10.6. The van der Waals surface area contributed by atoms with Gasteiger partial charge in [-0.25, -0.2) is 10.5 Å². The van der Waals surface area contributed by atoms with Crippen molar-refractivity contribution in [3.05, 3.63) is 34.3 Å². The molecule has 0 saturated heterocycles. The van der Waals surface area contributed by atoms with Crippen LogP contribution >= 0.6 is 27.7 Å². The molecule has 1 heterocycles. The number of nitrogens with two attached hydrogens (primary N) is 1. The minimum Gasteiger partial charge on any atom is -0.369 e. The lowest BCUT2D eigenvalue weighted by atomic mass is 10.2. The van der Waals surface area contributed by atoms with E-state index < -0.39 is 5.91 Å². The van der Waals surface area contributed by atoms with Crippen LogP contribution in [0, 0.1) is 0 Å². The van der Waals surface area contributed by atoms with E-state index in [2.05, 4.69) is 41.6 Å². The number of benzene rings is 1. The number of hydrogen-bond acceptors (Lipinski definition) is 6. The SMILES string of the molecule is NC(=O)CSc1n[nH]c(N/N=C\c2cccc(Br)c2)n1. The fourth-order valence-corrected chi connectivity index (χ4v) is 2.21. The molecule has 0 fully saturated rings. The number of nitrogens with zero attached hydrogens (tertiary/aromatic N) is 3. The highest BCUT2D eigenvalue weighted by molar-refractivity contribution is 9.10. The molecule has 20 heavy (non-hydrogen) atoms. The Balaban J connectivity index is 1.89. The summed E-state index contributed by atoms with van der Waals surface area (Å²) in [7, 11) is 0. The Bertz CT molecular complexity index is 629. The molecule has 0 spiro atoms. The number of rotatable bonds is 6. The first kappa shape index (κ1) is 14.5. The number of hydrogen-bond donors (Lipinski definition) is 3. The monoisotopic (exact) mass is 354 g/mol. The largest absolute Gasteiger partial charge is 0.369 e. The summed E-state index contributed by atoms with van der Waals surface area (Å²) in [6, 6.07) is 7.70. The van der Waals surface area contributed by atoms with Crippen LogP contribution in [0.2, 0.25) is 0 Å². The van der Waals surface area contributed by atoms with Crippen molar-refractivity contribution in [3.63, 3.8) is 0 Å². The zero-order chi connectivity index (χ0) is 14.4. The molecule has 0 unspecified atom stereocenters. The number of hydrazone groups is 1. The number of amides is 1. The molecule has 0 bridgehead atoms. The molecule has 2 aromatic rings. The van der Waals surface area contributed by atoms with Gasteiger partial charge < -0.3 is 5.73 Å². The Kier molecular flexibility index (Phi) is 5.13. The molecular weight excluding hydrogens is 344 g/mol. The highest BCUT2D eigenvalue weighted by atomic mass is 79.9. The molecule has 1 aromatic carbocycles. The second-order valence-electron chi connectivity index (χ2n) is 3.65. The van der Waals surface area contributed by atoms with Gasteiger partial charge in [-0.05, 0) is 17.7 Å². The standard InChI is InChI=1S/C11H11BrN6OS/c12-8-3-1-2-7(4-8)5-14-16-10-15-11(18-17-10)20-6-9(13)19/h1-5H,6H2,(H2,13,19)(H2,15,16,17,18)/b14-5-. The predicted molar refractivity (Wildman–Crippen MR) is 81.7 cm³/mol. The Labute approximate surface area is 127 Å². The number of aromatic amines is 1. The molecule has 104 valence electrons. The second kappa shape index (κ2) is 7.06. The van der Waals surface area contributed by atoms with Crippen LogP contribution in [0.3, 0.4) is 0 Å². The third kappa shape index (κ3) is 4.67. The molecule has 0 aliphatic heterocycles. The average Bonchev–Trinajstić information content (AvgIpc) is 2.84. The quantitative estimate of drug-likeness (QED) is 0.414. The smallest absolute Gasteiger partial charge is 0.240 e. The molecule has 4 N–H and O–H groups in total. The van der Waals surface area contributed by atoms with Crippen LogP contribution in [-0.4, -0.2) is 33.1 Å². The predicted octanol–water partition coefficient (Wildman–Crippen LogP) is 1.59. The molecule has 0 radical (unpaired) electrons. The molecular formula is C11H11BrN6OS. The van der Waals surface area contributed by atoms with Crippen LogP contribution in [0.4, 0.5) is 5.95 Å². The van der Waals surface area contributed by atoms with Gasteiger partial charge in [-0.15, -0.1) is 5.10 Å². The lowest BCUT2D eigenvalue weighted by Crippen LogP contribution is -2.13. The highest BCUT2D eigenvalue weighted by Gasteiger charge is 2.04. The number of thioether (sulfide) groups is 1. The topological polar surface area (TPSA) is 109 Å². The summed E-state index contributed by atoms with van der Waals surface area (Å²) in [5, 5.41) is 11.0. The van der Waals surface area contributed by atoms with Crippen molar-refractivity contribution in [3.8, 4) is 0 Å². The summed E-state index contributed by atoms with van der Waals surface area (Å²) in [4.78, 5) is 14.7. The van der Waals surface area contributed by atoms with Gasteiger partial charge in [0.05, 0.1) is 12.0 Å². The summed E-state index contributed by atoms with van der Waals surface area (Å²) in [5.74, 6) is 0.115. The summed E-state index contributed by atoms with van der Waals surface area (Å²) in [6.45, 7) is 0. The van der Waals surface area contributed by atoms with E-state index in [4.69, 9.17) is 5.73 Å². The van der Waals surface area contributed by atoms with Gasteiger partial charge in [0, 0.05) is 4.47 Å². The first-order valence-corrected chi connectivity index (χ1v) is 7.29. The number of H-pyrrole nitrogens is 1. The van der Waals surface area contributed by atoms with Gasteiger partial charge in [0.1, 0.15) is 0 Å². The average molecular weight is 355 g/mol. The third-order valence-electron chi connectivity index (χ3n) is 2.04. The van der Waals surface area contributed by atoms with Gasteiger partial charge in [0.2, 0.25) is 17.0 Å². The Morgan fingerprint density at radius 1 is 1.60 bits per heavy atom. The van der Waals surface area contributed by atoms with E-state index in [1.165, 1.54) is 0 Å². The minimum absolute atomic E-state index is 0.138. The highest BCUT2D eigenvalue weighted by Crippen LogP contribution is 2.13. The third-order valence-corrected chi connectivity index (χ3v) is 3.40. The maximum Gasteiger partial charge on any atom is 0.240 e. The van der Waals surface area contributed by atoms with E-state index in [9.17, 15) is 4.79 Å². The van der Waals surface area contributed by atoms with Crippen LogP contribution < -0.4 is 11.2 Å². The van der Waals surface area contributed by atoms with Gasteiger partial charge in [0.15, 0.2) is 0 Å². The molecule has 1 aromatic heterocycles.